The molecule has 6 nitrogen and oxygen atoms in total. The fourth-order valence-corrected chi connectivity index (χ4v) is 3.91. The molecule has 2 unspecified atom stereocenters. The van der Waals surface area contributed by atoms with Crippen LogP contribution in [-0.4, -0.2) is 51.0 Å². The highest BCUT2D eigenvalue weighted by Gasteiger charge is 2.46. The highest BCUT2D eigenvalue weighted by atomic mass is 35.5. The van der Waals surface area contributed by atoms with E-state index in [1.54, 1.807) is 0 Å². The van der Waals surface area contributed by atoms with Crippen molar-refractivity contribution in [2.75, 3.05) is 13.1 Å². The Bertz CT molecular complexity index is 857. The largest absolute Gasteiger partial charge is 0.435 e. The molecular weight excluding hydrogens is 402 g/mol. The van der Waals surface area contributed by atoms with Crippen molar-refractivity contribution in [1.82, 2.24) is 25.2 Å². The van der Waals surface area contributed by atoms with Gasteiger partial charge in [0.25, 0.3) is 5.91 Å². The number of alkyl halides is 3. The van der Waals surface area contributed by atoms with Gasteiger partial charge in [0.1, 0.15) is 11.5 Å². The Kier molecular flexibility index (Phi) is 5.62. The number of fused-ring (bicyclic) bond motifs is 2. The maximum Gasteiger partial charge on any atom is 0.435 e. The molecule has 0 radical (unpaired) electrons. The molecule has 4 rings (SSSR count). The van der Waals surface area contributed by atoms with E-state index in [-0.39, 0.29) is 24.5 Å². The van der Waals surface area contributed by atoms with Crippen molar-refractivity contribution in [1.29, 1.82) is 0 Å². The topological polar surface area (TPSA) is 63.1 Å². The molecule has 3 heterocycles. The fourth-order valence-electron chi connectivity index (χ4n) is 3.91. The van der Waals surface area contributed by atoms with Gasteiger partial charge in [-0.05, 0) is 37.9 Å². The summed E-state index contributed by atoms with van der Waals surface area (Å²) in [6.07, 6.45) is -2.77. The van der Waals surface area contributed by atoms with Crippen LogP contribution in [0.25, 0.3) is 5.69 Å². The zero-order chi connectivity index (χ0) is 19.2. The number of halogens is 5. The van der Waals surface area contributed by atoms with Gasteiger partial charge in [-0.15, -0.1) is 17.5 Å². The first kappa shape index (κ1) is 20.5. The van der Waals surface area contributed by atoms with Crippen molar-refractivity contribution in [3.63, 3.8) is 0 Å². The predicted molar refractivity (Wildman–Crippen MR) is 94.0 cm³/mol. The van der Waals surface area contributed by atoms with Gasteiger partial charge in [-0.2, -0.15) is 13.2 Å². The van der Waals surface area contributed by atoms with Crippen LogP contribution in [0.4, 0.5) is 17.6 Å². The summed E-state index contributed by atoms with van der Waals surface area (Å²) in [7, 11) is 0. The van der Waals surface area contributed by atoms with Crippen LogP contribution in [0.15, 0.2) is 24.3 Å². The number of benzene rings is 1. The summed E-state index contributed by atoms with van der Waals surface area (Å²) in [5.41, 5.74) is -2.55. The second-order valence-corrected chi connectivity index (χ2v) is 6.74. The lowest BCUT2D eigenvalue weighted by Crippen LogP contribution is -2.43. The van der Waals surface area contributed by atoms with E-state index in [9.17, 15) is 22.4 Å². The first-order valence-electron chi connectivity index (χ1n) is 8.69. The van der Waals surface area contributed by atoms with E-state index in [1.807, 2.05) is 0 Å². The van der Waals surface area contributed by atoms with Gasteiger partial charge in [0.2, 0.25) is 0 Å². The normalized spacial score (nSPS) is 21.9. The second-order valence-electron chi connectivity index (χ2n) is 6.74. The van der Waals surface area contributed by atoms with Crippen LogP contribution in [0, 0.1) is 5.82 Å². The minimum absolute atomic E-state index is 0. The van der Waals surface area contributed by atoms with Gasteiger partial charge in [-0.3, -0.25) is 4.79 Å². The third-order valence-electron chi connectivity index (χ3n) is 5.11. The van der Waals surface area contributed by atoms with E-state index in [0.29, 0.717) is 24.2 Å². The lowest BCUT2D eigenvalue weighted by molar-refractivity contribution is -0.143. The lowest BCUT2D eigenvalue weighted by atomic mass is 10.1. The highest BCUT2D eigenvalue weighted by Crippen LogP contribution is 2.36. The molecule has 0 saturated carbocycles. The number of aromatic nitrogens is 3. The van der Waals surface area contributed by atoms with Gasteiger partial charge in [-0.1, -0.05) is 17.3 Å². The molecule has 2 fully saturated rings. The summed E-state index contributed by atoms with van der Waals surface area (Å²) in [6, 6.07) is 4.63. The summed E-state index contributed by atoms with van der Waals surface area (Å²) in [5.74, 6) is -1.69. The maximum atomic E-state index is 14.0. The smallest absolute Gasteiger partial charge is 0.330 e. The molecule has 1 amide bonds. The number of para-hydroxylation sites is 1. The molecule has 1 aromatic carbocycles. The first-order valence-corrected chi connectivity index (χ1v) is 8.69. The van der Waals surface area contributed by atoms with E-state index in [2.05, 4.69) is 15.6 Å². The summed E-state index contributed by atoms with van der Waals surface area (Å²) in [4.78, 5) is 14.5. The maximum absolute atomic E-state index is 14.0. The van der Waals surface area contributed by atoms with Crippen LogP contribution in [-0.2, 0) is 6.18 Å². The van der Waals surface area contributed by atoms with Gasteiger partial charge in [-0.25, -0.2) is 9.07 Å². The summed E-state index contributed by atoms with van der Waals surface area (Å²) in [5, 5.41) is 10.2. The summed E-state index contributed by atoms with van der Waals surface area (Å²) >= 11 is 0. The Hall–Kier alpha value is -2.20. The number of hydrogen-bond acceptors (Lipinski definition) is 4. The summed E-state index contributed by atoms with van der Waals surface area (Å²) in [6.45, 7) is 1.24. The zero-order valence-electron chi connectivity index (χ0n) is 14.6. The molecule has 2 aliphatic heterocycles. The number of amides is 1. The predicted octanol–water partition coefficient (Wildman–Crippen LogP) is 2.81. The van der Waals surface area contributed by atoms with E-state index >= 15 is 0 Å². The number of carbonyl (C=O) groups is 1. The Morgan fingerprint density at radius 3 is 2.57 bits per heavy atom. The van der Waals surface area contributed by atoms with E-state index < -0.39 is 35.0 Å². The van der Waals surface area contributed by atoms with Crippen LogP contribution >= 0.6 is 12.4 Å². The molecule has 2 atom stereocenters. The molecule has 2 saturated heterocycles. The van der Waals surface area contributed by atoms with Crippen molar-refractivity contribution >= 4 is 18.3 Å². The SMILES string of the molecule is Cl.O=C(c1nnn(-c2ccccc2F)c1C(F)(F)F)N1C2CCNCC1CC2. The number of nitrogens with one attached hydrogen (secondary N) is 1. The summed E-state index contributed by atoms with van der Waals surface area (Å²) < 4.78 is 55.7. The van der Waals surface area contributed by atoms with Crippen LogP contribution in [0.2, 0.25) is 0 Å². The lowest BCUT2D eigenvalue weighted by Gasteiger charge is -2.27. The quantitative estimate of drug-likeness (QED) is 0.760. The Morgan fingerprint density at radius 1 is 1.14 bits per heavy atom. The number of carbonyl (C=O) groups excluding carboxylic acids is 1. The highest BCUT2D eigenvalue weighted by molar-refractivity contribution is 5.94. The molecule has 11 heteroatoms. The van der Waals surface area contributed by atoms with E-state index in [0.717, 1.165) is 25.0 Å². The Labute approximate surface area is 164 Å². The average Bonchev–Trinajstić information content (AvgIpc) is 3.15. The van der Waals surface area contributed by atoms with Gasteiger partial charge >= 0.3 is 6.18 Å². The molecule has 28 heavy (non-hydrogen) atoms. The van der Waals surface area contributed by atoms with E-state index in [1.165, 1.54) is 17.0 Å². The Balaban J connectivity index is 0.00000225. The van der Waals surface area contributed by atoms with Crippen LogP contribution in [0.1, 0.15) is 35.4 Å². The third-order valence-corrected chi connectivity index (χ3v) is 5.11. The molecular formula is C17H18ClF4N5O. The molecule has 152 valence electrons. The minimum atomic E-state index is -4.92. The van der Waals surface area contributed by atoms with Crippen molar-refractivity contribution in [3.8, 4) is 5.69 Å². The standard InChI is InChI=1S/C17H17F4N5O.ClH/c18-12-3-1-2-4-13(12)26-15(17(19,20)21)14(23-24-26)16(27)25-10-5-6-11(25)9-22-8-7-10;/h1-4,10-11,22H,5-9H2;1H. The van der Waals surface area contributed by atoms with Gasteiger partial charge in [0, 0.05) is 18.6 Å². The molecule has 1 aromatic heterocycles. The molecule has 2 aromatic rings. The molecule has 2 bridgehead atoms. The van der Waals surface area contributed by atoms with Gasteiger partial charge in [0.15, 0.2) is 11.4 Å². The van der Waals surface area contributed by atoms with Crippen LogP contribution in [0.5, 0.6) is 0 Å². The second kappa shape index (κ2) is 7.67. The number of hydrogen-bond donors (Lipinski definition) is 1. The molecule has 1 N–H and O–H groups in total. The van der Waals surface area contributed by atoms with Crippen LogP contribution < -0.4 is 5.32 Å². The van der Waals surface area contributed by atoms with Gasteiger partial charge < -0.3 is 10.2 Å². The third kappa shape index (κ3) is 3.46. The van der Waals surface area contributed by atoms with Crippen molar-refractivity contribution in [2.24, 2.45) is 0 Å². The van der Waals surface area contributed by atoms with E-state index in [4.69, 9.17) is 0 Å². The number of nitrogens with zero attached hydrogens (tertiary/aromatic N) is 4. The monoisotopic (exact) mass is 419 g/mol. The molecule has 2 aliphatic rings. The molecule has 0 spiro atoms. The van der Waals surface area contributed by atoms with Gasteiger partial charge in [0.05, 0.1) is 0 Å². The number of rotatable bonds is 2. The fraction of sp³-hybridized carbons (Fsp3) is 0.471. The Morgan fingerprint density at radius 2 is 1.86 bits per heavy atom. The van der Waals surface area contributed by atoms with Crippen molar-refractivity contribution in [3.05, 3.63) is 41.5 Å². The minimum Gasteiger partial charge on any atom is -0.330 e. The molecule has 0 aliphatic carbocycles. The zero-order valence-corrected chi connectivity index (χ0v) is 15.4. The first-order chi connectivity index (χ1) is 12.9. The van der Waals surface area contributed by atoms with Crippen LogP contribution in [0.3, 0.4) is 0 Å². The van der Waals surface area contributed by atoms with Crippen molar-refractivity contribution in [2.45, 2.75) is 37.5 Å². The average molecular weight is 420 g/mol. The van der Waals surface area contributed by atoms with Crippen molar-refractivity contribution < 1.29 is 22.4 Å².